The van der Waals surface area contributed by atoms with Gasteiger partial charge in [0.2, 0.25) is 0 Å². The number of aromatic amines is 1. The van der Waals surface area contributed by atoms with Crippen molar-refractivity contribution in [3.63, 3.8) is 0 Å². The van der Waals surface area contributed by atoms with E-state index in [0.29, 0.717) is 6.54 Å². The normalized spacial score (nSPS) is 11.1. The monoisotopic (exact) mass is 250 g/mol. The second-order valence-corrected chi connectivity index (χ2v) is 4.96. The third-order valence-corrected chi connectivity index (χ3v) is 3.56. The molecule has 3 rings (SSSR count). The van der Waals surface area contributed by atoms with Crippen molar-refractivity contribution in [2.75, 3.05) is 6.54 Å². The molecule has 0 bridgehead atoms. The summed E-state index contributed by atoms with van der Waals surface area (Å²) in [5, 5.41) is 1.25. The number of nitrogens with two attached hydrogens (primary N) is 1. The Balaban J connectivity index is 2.11. The lowest BCUT2D eigenvalue weighted by Gasteiger charge is -2.07. The van der Waals surface area contributed by atoms with E-state index in [9.17, 15) is 0 Å². The molecule has 2 heteroatoms. The number of aryl methyl sites for hydroxylation is 1. The van der Waals surface area contributed by atoms with Crippen LogP contribution in [-0.2, 0) is 6.42 Å². The molecule has 0 saturated carbocycles. The maximum absolute atomic E-state index is 5.64. The van der Waals surface area contributed by atoms with Crippen LogP contribution in [0.15, 0.2) is 48.5 Å². The Kier molecular flexibility index (Phi) is 3.10. The molecule has 19 heavy (non-hydrogen) atoms. The Morgan fingerprint density at radius 2 is 1.89 bits per heavy atom. The number of benzene rings is 2. The van der Waals surface area contributed by atoms with E-state index in [0.717, 1.165) is 6.42 Å². The number of hydrogen-bond acceptors (Lipinski definition) is 1. The predicted molar refractivity (Wildman–Crippen MR) is 81.2 cm³/mol. The van der Waals surface area contributed by atoms with Crippen molar-refractivity contribution >= 4 is 10.9 Å². The number of aromatic nitrogens is 1. The lowest BCUT2D eigenvalue weighted by molar-refractivity contribution is 0.968. The van der Waals surface area contributed by atoms with Gasteiger partial charge in [0.25, 0.3) is 0 Å². The van der Waals surface area contributed by atoms with E-state index in [1.54, 1.807) is 0 Å². The average Bonchev–Trinajstić information content (AvgIpc) is 2.85. The maximum Gasteiger partial charge on any atom is 0.0467 e. The minimum Gasteiger partial charge on any atom is -0.355 e. The first-order chi connectivity index (χ1) is 9.28. The molecular weight excluding hydrogens is 232 g/mol. The van der Waals surface area contributed by atoms with Crippen molar-refractivity contribution in [3.8, 4) is 11.3 Å². The molecule has 0 aliphatic heterocycles. The molecule has 1 heterocycles. The molecule has 1 aromatic heterocycles. The number of fused-ring (bicyclic) bond motifs is 1. The minimum absolute atomic E-state index is 0.690. The van der Waals surface area contributed by atoms with Crippen molar-refractivity contribution in [1.82, 2.24) is 4.98 Å². The zero-order valence-corrected chi connectivity index (χ0v) is 11.1. The first-order valence-corrected chi connectivity index (χ1v) is 6.65. The van der Waals surface area contributed by atoms with Crippen molar-refractivity contribution < 1.29 is 0 Å². The first-order valence-electron chi connectivity index (χ1n) is 6.65. The van der Waals surface area contributed by atoms with Gasteiger partial charge < -0.3 is 10.7 Å². The second kappa shape index (κ2) is 4.90. The SMILES string of the molecule is Cc1ccc(CCN)cc1-c1cc2ccccc2[nH]1. The Labute approximate surface area is 113 Å². The number of para-hydroxylation sites is 1. The van der Waals surface area contributed by atoms with Crippen molar-refractivity contribution in [2.45, 2.75) is 13.3 Å². The van der Waals surface area contributed by atoms with Gasteiger partial charge in [0.15, 0.2) is 0 Å². The van der Waals surface area contributed by atoms with E-state index in [1.807, 2.05) is 0 Å². The molecule has 0 aliphatic rings. The quantitative estimate of drug-likeness (QED) is 0.732. The lowest BCUT2D eigenvalue weighted by atomic mass is 10.0. The van der Waals surface area contributed by atoms with Gasteiger partial charge in [-0.15, -0.1) is 0 Å². The van der Waals surface area contributed by atoms with Crippen molar-refractivity contribution in [2.24, 2.45) is 5.73 Å². The molecule has 0 amide bonds. The van der Waals surface area contributed by atoms with E-state index in [2.05, 4.69) is 60.4 Å². The van der Waals surface area contributed by atoms with Gasteiger partial charge in [0.05, 0.1) is 0 Å². The van der Waals surface area contributed by atoms with Crippen LogP contribution >= 0.6 is 0 Å². The minimum atomic E-state index is 0.690. The summed E-state index contributed by atoms with van der Waals surface area (Å²) < 4.78 is 0. The topological polar surface area (TPSA) is 41.8 Å². The molecule has 0 saturated heterocycles. The largest absolute Gasteiger partial charge is 0.355 e. The fourth-order valence-electron chi connectivity index (χ4n) is 2.50. The number of H-pyrrole nitrogens is 1. The van der Waals surface area contributed by atoms with Crippen LogP contribution in [0, 0.1) is 6.92 Å². The van der Waals surface area contributed by atoms with Gasteiger partial charge in [-0.1, -0.05) is 30.3 Å². The summed E-state index contributed by atoms with van der Waals surface area (Å²) >= 11 is 0. The summed E-state index contributed by atoms with van der Waals surface area (Å²) in [5.41, 5.74) is 11.8. The zero-order valence-electron chi connectivity index (χ0n) is 11.1. The highest BCUT2D eigenvalue weighted by Crippen LogP contribution is 2.27. The van der Waals surface area contributed by atoms with Crippen molar-refractivity contribution in [1.29, 1.82) is 0 Å². The lowest BCUT2D eigenvalue weighted by Crippen LogP contribution is -2.02. The van der Waals surface area contributed by atoms with Crippen LogP contribution in [-0.4, -0.2) is 11.5 Å². The highest BCUT2D eigenvalue weighted by Gasteiger charge is 2.06. The van der Waals surface area contributed by atoms with Crippen LogP contribution in [0.5, 0.6) is 0 Å². The molecule has 0 fully saturated rings. The fraction of sp³-hybridized carbons (Fsp3) is 0.176. The Bertz CT molecular complexity index is 677. The third-order valence-electron chi connectivity index (χ3n) is 3.56. The van der Waals surface area contributed by atoms with Gasteiger partial charge in [-0.2, -0.15) is 0 Å². The molecule has 0 radical (unpaired) electrons. The molecule has 2 nitrogen and oxygen atoms in total. The van der Waals surface area contributed by atoms with E-state index >= 15 is 0 Å². The van der Waals surface area contributed by atoms with Crippen LogP contribution in [0.3, 0.4) is 0 Å². The molecule has 3 aromatic rings. The first kappa shape index (κ1) is 12.0. The number of nitrogens with one attached hydrogen (secondary N) is 1. The summed E-state index contributed by atoms with van der Waals surface area (Å²) in [6.07, 6.45) is 0.924. The van der Waals surface area contributed by atoms with E-state index < -0.39 is 0 Å². The predicted octanol–water partition coefficient (Wildman–Crippen LogP) is 3.64. The zero-order chi connectivity index (χ0) is 13.2. The molecule has 0 atom stereocenters. The van der Waals surface area contributed by atoms with Gasteiger partial charge in [-0.05, 0) is 49.2 Å². The van der Waals surface area contributed by atoms with Gasteiger partial charge in [-0.25, -0.2) is 0 Å². The van der Waals surface area contributed by atoms with E-state index in [4.69, 9.17) is 5.73 Å². The van der Waals surface area contributed by atoms with Gasteiger partial charge >= 0.3 is 0 Å². The average molecular weight is 250 g/mol. The molecule has 0 spiro atoms. The van der Waals surface area contributed by atoms with Gasteiger partial charge in [-0.3, -0.25) is 0 Å². The second-order valence-electron chi connectivity index (χ2n) is 4.96. The molecule has 0 unspecified atom stereocenters. The summed E-state index contributed by atoms with van der Waals surface area (Å²) in [6, 6.07) is 17.2. The summed E-state index contributed by atoms with van der Waals surface area (Å²) in [4.78, 5) is 3.49. The van der Waals surface area contributed by atoms with Crippen LogP contribution in [0.1, 0.15) is 11.1 Å². The summed E-state index contributed by atoms with van der Waals surface area (Å²) in [6.45, 7) is 2.84. The van der Waals surface area contributed by atoms with Crippen molar-refractivity contribution in [3.05, 3.63) is 59.7 Å². The highest BCUT2D eigenvalue weighted by molar-refractivity contribution is 5.86. The smallest absolute Gasteiger partial charge is 0.0467 e. The highest BCUT2D eigenvalue weighted by atomic mass is 14.7. The standard InChI is InChI=1S/C17H18N2/c1-12-6-7-13(8-9-18)10-15(12)17-11-14-4-2-3-5-16(14)19-17/h2-7,10-11,19H,8-9,18H2,1H3. The van der Waals surface area contributed by atoms with E-state index in [1.165, 1.54) is 33.3 Å². The number of hydrogen-bond donors (Lipinski definition) is 2. The van der Waals surface area contributed by atoms with Crippen LogP contribution in [0.25, 0.3) is 22.2 Å². The van der Waals surface area contributed by atoms with Gasteiger partial charge in [0.1, 0.15) is 0 Å². The van der Waals surface area contributed by atoms with Crippen LogP contribution in [0.4, 0.5) is 0 Å². The molecule has 96 valence electrons. The summed E-state index contributed by atoms with van der Waals surface area (Å²) in [7, 11) is 0. The number of rotatable bonds is 3. The maximum atomic E-state index is 5.64. The molecule has 2 aromatic carbocycles. The Hall–Kier alpha value is -2.06. The molecule has 0 aliphatic carbocycles. The third kappa shape index (κ3) is 2.27. The van der Waals surface area contributed by atoms with Gasteiger partial charge in [0, 0.05) is 22.2 Å². The molecular formula is C17H18N2. The molecule has 3 N–H and O–H groups in total. The fourth-order valence-corrected chi connectivity index (χ4v) is 2.50. The summed E-state index contributed by atoms with van der Waals surface area (Å²) in [5.74, 6) is 0. The van der Waals surface area contributed by atoms with Crippen LogP contribution in [0.2, 0.25) is 0 Å². The van der Waals surface area contributed by atoms with Crippen LogP contribution < -0.4 is 5.73 Å². The Morgan fingerprint density at radius 1 is 1.05 bits per heavy atom. The van der Waals surface area contributed by atoms with E-state index in [-0.39, 0.29) is 0 Å². The Morgan fingerprint density at radius 3 is 2.68 bits per heavy atom.